The van der Waals surface area contributed by atoms with E-state index in [2.05, 4.69) is 6.92 Å². The first-order chi connectivity index (χ1) is 4.25. The fourth-order valence-electron chi connectivity index (χ4n) is 0.971. The van der Waals surface area contributed by atoms with Crippen LogP contribution in [0.4, 0.5) is 0 Å². The van der Waals surface area contributed by atoms with Crippen molar-refractivity contribution in [3.05, 3.63) is 0 Å². The summed E-state index contributed by atoms with van der Waals surface area (Å²) in [6.45, 7) is 4.10. The molecule has 1 fully saturated rings. The fourth-order valence-corrected chi connectivity index (χ4v) is 0.971. The molecule has 0 N–H and O–H groups in total. The van der Waals surface area contributed by atoms with Crippen LogP contribution in [0.1, 0.15) is 33.1 Å². The highest BCUT2D eigenvalue weighted by Gasteiger charge is 2.31. The SMILES string of the molecule is CC[C@H](C)C(=O)C1CC1. The zero-order valence-electron chi connectivity index (χ0n) is 6.18. The highest BCUT2D eigenvalue weighted by molar-refractivity contribution is 5.85. The maximum Gasteiger partial charge on any atom is 0.138 e. The lowest BCUT2D eigenvalue weighted by atomic mass is 10.0. The van der Waals surface area contributed by atoms with Crippen LogP contribution >= 0.6 is 0 Å². The number of rotatable bonds is 3. The third-order valence-corrected chi connectivity index (χ3v) is 2.08. The van der Waals surface area contributed by atoms with E-state index in [0.717, 1.165) is 19.3 Å². The Labute approximate surface area is 56.4 Å². The summed E-state index contributed by atoms with van der Waals surface area (Å²) in [5, 5.41) is 0. The lowest BCUT2D eigenvalue weighted by molar-refractivity contribution is -0.123. The van der Waals surface area contributed by atoms with E-state index in [9.17, 15) is 4.79 Å². The van der Waals surface area contributed by atoms with Gasteiger partial charge in [-0.15, -0.1) is 0 Å². The number of hydrogen-bond donors (Lipinski definition) is 0. The summed E-state index contributed by atoms with van der Waals surface area (Å²) in [5.74, 6) is 1.27. The Kier molecular flexibility index (Phi) is 1.89. The molecule has 0 aliphatic heterocycles. The first kappa shape index (κ1) is 6.79. The number of Topliss-reactive ketones (excluding diaryl/α,β-unsaturated/α-hetero) is 1. The van der Waals surface area contributed by atoms with Gasteiger partial charge in [-0.2, -0.15) is 0 Å². The molecule has 0 unspecified atom stereocenters. The third-order valence-electron chi connectivity index (χ3n) is 2.08. The topological polar surface area (TPSA) is 17.1 Å². The van der Waals surface area contributed by atoms with E-state index in [-0.39, 0.29) is 0 Å². The lowest BCUT2D eigenvalue weighted by Gasteiger charge is -2.03. The number of carbonyl (C=O) groups excluding carboxylic acids is 1. The summed E-state index contributed by atoms with van der Waals surface area (Å²) in [5.41, 5.74) is 0. The Bertz CT molecular complexity index is 114. The van der Waals surface area contributed by atoms with Crippen molar-refractivity contribution in [2.24, 2.45) is 11.8 Å². The minimum atomic E-state index is 0.317. The monoisotopic (exact) mass is 126 g/mol. The van der Waals surface area contributed by atoms with Crippen LogP contribution in [0.15, 0.2) is 0 Å². The van der Waals surface area contributed by atoms with Crippen molar-refractivity contribution in [1.82, 2.24) is 0 Å². The van der Waals surface area contributed by atoms with Crippen LogP contribution in [0.2, 0.25) is 0 Å². The van der Waals surface area contributed by atoms with Gasteiger partial charge in [-0.05, 0) is 19.3 Å². The molecule has 1 saturated carbocycles. The van der Waals surface area contributed by atoms with Gasteiger partial charge in [0.05, 0.1) is 0 Å². The average Bonchev–Trinajstić information content (AvgIpc) is 2.66. The van der Waals surface area contributed by atoms with Crippen molar-refractivity contribution in [1.29, 1.82) is 0 Å². The summed E-state index contributed by atoms with van der Waals surface area (Å²) in [6, 6.07) is 0. The van der Waals surface area contributed by atoms with Gasteiger partial charge in [-0.1, -0.05) is 13.8 Å². The standard InChI is InChI=1S/C8H14O/c1-3-6(2)8(9)7-4-5-7/h6-7H,3-5H2,1-2H3/t6-/m0/s1. The Morgan fingerprint density at radius 1 is 1.67 bits per heavy atom. The zero-order valence-corrected chi connectivity index (χ0v) is 6.18. The summed E-state index contributed by atoms with van der Waals surface area (Å²) in [7, 11) is 0. The maximum atomic E-state index is 11.1. The molecule has 9 heavy (non-hydrogen) atoms. The first-order valence-corrected chi connectivity index (χ1v) is 3.79. The molecule has 1 aliphatic carbocycles. The molecule has 0 amide bonds. The second-order valence-electron chi connectivity index (χ2n) is 2.99. The van der Waals surface area contributed by atoms with Crippen molar-refractivity contribution in [2.45, 2.75) is 33.1 Å². The van der Waals surface area contributed by atoms with Gasteiger partial charge in [0.2, 0.25) is 0 Å². The largest absolute Gasteiger partial charge is 0.299 e. The molecule has 0 heterocycles. The van der Waals surface area contributed by atoms with Crippen LogP contribution in [-0.2, 0) is 4.79 Å². The third kappa shape index (κ3) is 1.54. The Morgan fingerprint density at radius 2 is 2.22 bits per heavy atom. The Hall–Kier alpha value is -0.330. The number of hydrogen-bond acceptors (Lipinski definition) is 1. The number of carbonyl (C=O) groups is 1. The van der Waals surface area contributed by atoms with Gasteiger partial charge in [-0.3, -0.25) is 4.79 Å². The molecule has 1 nitrogen and oxygen atoms in total. The van der Waals surface area contributed by atoms with E-state index in [0.29, 0.717) is 17.6 Å². The van der Waals surface area contributed by atoms with Gasteiger partial charge in [-0.25, -0.2) is 0 Å². The predicted molar refractivity (Wildman–Crippen MR) is 37.2 cm³/mol. The van der Waals surface area contributed by atoms with Gasteiger partial charge >= 0.3 is 0 Å². The summed E-state index contributed by atoms with van der Waals surface area (Å²) >= 11 is 0. The predicted octanol–water partition coefficient (Wildman–Crippen LogP) is 2.01. The highest BCUT2D eigenvalue weighted by atomic mass is 16.1. The second kappa shape index (κ2) is 2.51. The molecule has 0 aromatic carbocycles. The van der Waals surface area contributed by atoms with Crippen LogP contribution in [0, 0.1) is 11.8 Å². The van der Waals surface area contributed by atoms with Crippen LogP contribution in [0.5, 0.6) is 0 Å². The minimum absolute atomic E-state index is 0.317. The van der Waals surface area contributed by atoms with E-state index in [4.69, 9.17) is 0 Å². The Morgan fingerprint density at radius 3 is 2.56 bits per heavy atom. The highest BCUT2D eigenvalue weighted by Crippen LogP contribution is 2.32. The normalized spacial score (nSPS) is 21.6. The van der Waals surface area contributed by atoms with Crippen molar-refractivity contribution >= 4 is 5.78 Å². The zero-order chi connectivity index (χ0) is 6.85. The van der Waals surface area contributed by atoms with Crippen LogP contribution in [0.25, 0.3) is 0 Å². The van der Waals surface area contributed by atoms with E-state index in [1.807, 2.05) is 6.92 Å². The van der Waals surface area contributed by atoms with Crippen LogP contribution in [-0.4, -0.2) is 5.78 Å². The molecule has 0 aromatic heterocycles. The molecule has 1 aliphatic rings. The molecule has 52 valence electrons. The van der Waals surface area contributed by atoms with Crippen molar-refractivity contribution in [3.63, 3.8) is 0 Å². The maximum absolute atomic E-state index is 11.1. The van der Waals surface area contributed by atoms with E-state index >= 15 is 0 Å². The van der Waals surface area contributed by atoms with Gasteiger partial charge in [0.25, 0.3) is 0 Å². The quantitative estimate of drug-likeness (QED) is 0.565. The van der Waals surface area contributed by atoms with Gasteiger partial charge in [0, 0.05) is 11.8 Å². The molecule has 0 saturated heterocycles. The second-order valence-corrected chi connectivity index (χ2v) is 2.99. The summed E-state index contributed by atoms with van der Waals surface area (Å²) in [6.07, 6.45) is 3.32. The summed E-state index contributed by atoms with van der Waals surface area (Å²) < 4.78 is 0. The fraction of sp³-hybridized carbons (Fsp3) is 0.875. The smallest absolute Gasteiger partial charge is 0.138 e. The van der Waals surface area contributed by atoms with Gasteiger partial charge in [0.15, 0.2) is 0 Å². The Balaban J connectivity index is 2.31. The van der Waals surface area contributed by atoms with Gasteiger partial charge in [0.1, 0.15) is 5.78 Å². The van der Waals surface area contributed by atoms with E-state index in [1.54, 1.807) is 0 Å². The lowest BCUT2D eigenvalue weighted by Crippen LogP contribution is -2.11. The van der Waals surface area contributed by atoms with Crippen molar-refractivity contribution in [3.8, 4) is 0 Å². The molecular weight excluding hydrogens is 112 g/mol. The molecule has 0 spiro atoms. The molecule has 0 radical (unpaired) electrons. The molecule has 1 heteroatoms. The molecule has 1 atom stereocenters. The summed E-state index contributed by atoms with van der Waals surface area (Å²) in [4.78, 5) is 11.1. The van der Waals surface area contributed by atoms with Gasteiger partial charge < -0.3 is 0 Å². The van der Waals surface area contributed by atoms with E-state index in [1.165, 1.54) is 0 Å². The van der Waals surface area contributed by atoms with Crippen LogP contribution in [0.3, 0.4) is 0 Å². The molecule has 0 aromatic rings. The van der Waals surface area contributed by atoms with Crippen molar-refractivity contribution < 1.29 is 4.79 Å². The molecule has 0 bridgehead atoms. The van der Waals surface area contributed by atoms with Crippen molar-refractivity contribution in [2.75, 3.05) is 0 Å². The first-order valence-electron chi connectivity index (χ1n) is 3.79. The molecule has 1 rings (SSSR count). The average molecular weight is 126 g/mol. The van der Waals surface area contributed by atoms with Crippen LogP contribution < -0.4 is 0 Å². The number of ketones is 1. The minimum Gasteiger partial charge on any atom is -0.299 e. The molecular formula is C8H14O. The van der Waals surface area contributed by atoms with E-state index < -0.39 is 0 Å².